The van der Waals surface area contributed by atoms with E-state index in [-0.39, 0.29) is 0 Å². The molecule has 0 unspecified atom stereocenters. The average Bonchev–Trinajstić information content (AvgIpc) is 1.86. The fraction of sp³-hybridized carbons (Fsp3) is 0.750. The molecule has 0 amide bonds. The topological polar surface area (TPSA) is 9.23 Å². The summed E-state index contributed by atoms with van der Waals surface area (Å²) in [4.78, 5) is 0. The Kier molecular flexibility index (Phi) is 20.0. The molecule has 0 aromatic rings. The molecule has 0 aromatic heterocycles. The first-order chi connectivity index (χ1) is 4.33. The fourth-order valence-electron chi connectivity index (χ4n) is 0.201. The van der Waals surface area contributed by atoms with Crippen LogP contribution in [0.3, 0.4) is 0 Å². The van der Waals surface area contributed by atoms with Crippen LogP contribution in [0.15, 0.2) is 12.7 Å². The zero-order chi connectivity index (χ0) is 7.54. The van der Waals surface area contributed by atoms with Gasteiger partial charge in [0.05, 0.1) is 6.61 Å². The van der Waals surface area contributed by atoms with E-state index >= 15 is 0 Å². The summed E-state index contributed by atoms with van der Waals surface area (Å²) < 4.78 is 4.86. The van der Waals surface area contributed by atoms with Crippen LogP contribution in [0.25, 0.3) is 0 Å². The highest BCUT2D eigenvalue weighted by Gasteiger charge is 1.67. The van der Waals surface area contributed by atoms with Gasteiger partial charge in [0, 0.05) is 6.61 Å². The quantitative estimate of drug-likeness (QED) is 0.421. The van der Waals surface area contributed by atoms with Crippen molar-refractivity contribution in [3.8, 4) is 0 Å². The van der Waals surface area contributed by atoms with Crippen molar-refractivity contribution in [1.29, 1.82) is 0 Å². The molecule has 0 spiro atoms. The van der Waals surface area contributed by atoms with Crippen molar-refractivity contribution in [3.05, 3.63) is 12.7 Å². The molecule has 0 saturated carbocycles. The van der Waals surface area contributed by atoms with Crippen LogP contribution in [0.5, 0.6) is 0 Å². The second-order valence-electron chi connectivity index (χ2n) is 1.66. The second kappa shape index (κ2) is 15.6. The lowest BCUT2D eigenvalue weighted by atomic mass is 10.6. The Balaban J connectivity index is 0. The molecular weight excluding hydrogens is 112 g/mol. The summed E-state index contributed by atoms with van der Waals surface area (Å²) in [6, 6.07) is 0. The third-order valence-corrected chi connectivity index (χ3v) is 0.440. The van der Waals surface area contributed by atoms with E-state index in [9.17, 15) is 0 Å². The van der Waals surface area contributed by atoms with E-state index in [4.69, 9.17) is 4.74 Å². The summed E-state index contributed by atoms with van der Waals surface area (Å²) in [5.41, 5.74) is 0. The molecule has 0 saturated heterocycles. The smallest absolute Gasteiger partial charge is 0.0644 e. The van der Waals surface area contributed by atoms with Gasteiger partial charge in [0.15, 0.2) is 0 Å². The fourth-order valence-corrected chi connectivity index (χ4v) is 0.201. The molecule has 1 heteroatoms. The molecule has 0 fully saturated rings. The monoisotopic (exact) mass is 130 g/mol. The minimum Gasteiger partial charge on any atom is -0.378 e. The molecule has 0 aliphatic heterocycles. The molecule has 0 radical (unpaired) electrons. The van der Waals surface area contributed by atoms with Crippen LogP contribution >= 0.6 is 0 Å². The molecule has 0 aliphatic carbocycles. The number of ether oxygens (including phenoxy) is 1. The first-order valence-corrected chi connectivity index (χ1v) is 3.52. The van der Waals surface area contributed by atoms with Crippen LogP contribution < -0.4 is 0 Å². The zero-order valence-electron chi connectivity index (χ0n) is 6.81. The summed E-state index contributed by atoms with van der Waals surface area (Å²) in [5.74, 6) is 0. The molecule has 0 aromatic carbocycles. The van der Waals surface area contributed by atoms with Crippen LogP contribution in [0.2, 0.25) is 0 Å². The van der Waals surface area contributed by atoms with E-state index in [0.29, 0.717) is 6.61 Å². The number of rotatable bonds is 3. The Labute approximate surface area is 58.7 Å². The molecule has 0 N–H and O–H groups in total. The summed E-state index contributed by atoms with van der Waals surface area (Å²) in [6.07, 6.45) is 2.99. The first kappa shape index (κ1) is 11.5. The summed E-state index contributed by atoms with van der Waals surface area (Å²) >= 11 is 0. The van der Waals surface area contributed by atoms with Gasteiger partial charge in [0.25, 0.3) is 0 Å². The van der Waals surface area contributed by atoms with Crippen molar-refractivity contribution in [2.24, 2.45) is 0 Å². The highest BCUT2D eigenvalue weighted by Crippen LogP contribution is 1.69. The van der Waals surface area contributed by atoms with Gasteiger partial charge in [-0.25, -0.2) is 0 Å². The Hall–Kier alpha value is -0.300. The standard InChI is InChI=1S/C5H10O.C3H8/c1-3-5-6-4-2;1-3-2/h3H,1,4-5H2,2H3;3H2,1-2H3. The summed E-state index contributed by atoms with van der Waals surface area (Å²) in [5, 5.41) is 0. The van der Waals surface area contributed by atoms with Crippen LogP contribution in [0.4, 0.5) is 0 Å². The van der Waals surface area contributed by atoms with Gasteiger partial charge in [-0.3, -0.25) is 0 Å². The third kappa shape index (κ3) is 34.3. The molecule has 0 aliphatic rings. The van der Waals surface area contributed by atoms with Crippen molar-refractivity contribution in [3.63, 3.8) is 0 Å². The van der Waals surface area contributed by atoms with Gasteiger partial charge >= 0.3 is 0 Å². The van der Waals surface area contributed by atoms with E-state index in [2.05, 4.69) is 20.4 Å². The van der Waals surface area contributed by atoms with Crippen molar-refractivity contribution >= 4 is 0 Å². The van der Waals surface area contributed by atoms with Gasteiger partial charge in [-0.2, -0.15) is 0 Å². The Morgan fingerprint density at radius 3 is 1.89 bits per heavy atom. The minimum absolute atomic E-state index is 0.677. The minimum atomic E-state index is 0.677. The van der Waals surface area contributed by atoms with E-state index in [1.165, 1.54) is 6.42 Å². The molecule has 1 nitrogen and oxygen atoms in total. The van der Waals surface area contributed by atoms with Crippen molar-refractivity contribution in [2.45, 2.75) is 27.2 Å². The van der Waals surface area contributed by atoms with Gasteiger partial charge in [-0.05, 0) is 6.92 Å². The van der Waals surface area contributed by atoms with Gasteiger partial charge < -0.3 is 4.74 Å². The van der Waals surface area contributed by atoms with Gasteiger partial charge in [0.1, 0.15) is 0 Å². The van der Waals surface area contributed by atoms with Gasteiger partial charge in [0.2, 0.25) is 0 Å². The van der Waals surface area contributed by atoms with Crippen LogP contribution in [-0.4, -0.2) is 13.2 Å². The SMILES string of the molecule is C=CCOCC.CCC. The Bertz CT molecular complexity index is 41.8. The van der Waals surface area contributed by atoms with Gasteiger partial charge in [-0.15, -0.1) is 6.58 Å². The molecule has 0 atom stereocenters. The maximum Gasteiger partial charge on any atom is 0.0644 e. The maximum atomic E-state index is 4.86. The zero-order valence-corrected chi connectivity index (χ0v) is 6.81. The maximum absolute atomic E-state index is 4.86. The predicted molar refractivity (Wildman–Crippen MR) is 42.7 cm³/mol. The normalized spacial score (nSPS) is 7.44. The van der Waals surface area contributed by atoms with E-state index in [0.717, 1.165) is 6.61 Å². The van der Waals surface area contributed by atoms with E-state index in [1.54, 1.807) is 6.08 Å². The van der Waals surface area contributed by atoms with Crippen molar-refractivity contribution in [2.75, 3.05) is 13.2 Å². The molecular formula is C8H18O. The Morgan fingerprint density at radius 1 is 1.33 bits per heavy atom. The third-order valence-electron chi connectivity index (χ3n) is 0.440. The largest absolute Gasteiger partial charge is 0.378 e. The first-order valence-electron chi connectivity index (χ1n) is 3.52. The number of hydrogen-bond acceptors (Lipinski definition) is 1. The Morgan fingerprint density at radius 2 is 1.78 bits per heavy atom. The van der Waals surface area contributed by atoms with Crippen LogP contribution in [0.1, 0.15) is 27.2 Å². The number of hydrogen-bond donors (Lipinski definition) is 0. The predicted octanol–water partition coefficient (Wildman–Crippen LogP) is 2.63. The average molecular weight is 130 g/mol. The van der Waals surface area contributed by atoms with Gasteiger partial charge in [-0.1, -0.05) is 26.3 Å². The molecule has 56 valence electrons. The van der Waals surface area contributed by atoms with E-state index in [1.807, 2.05) is 6.92 Å². The van der Waals surface area contributed by atoms with Crippen molar-refractivity contribution in [1.82, 2.24) is 0 Å². The lowest BCUT2D eigenvalue weighted by Crippen LogP contribution is -1.86. The van der Waals surface area contributed by atoms with Crippen LogP contribution in [0, 0.1) is 0 Å². The van der Waals surface area contributed by atoms with E-state index < -0.39 is 0 Å². The molecule has 0 bridgehead atoms. The molecule has 9 heavy (non-hydrogen) atoms. The van der Waals surface area contributed by atoms with Crippen LogP contribution in [-0.2, 0) is 4.74 Å². The summed E-state index contributed by atoms with van der Waals surface area (Å²) in [6.45, 7) is 11.1. The lowest BCUT2D eigenvalue weighted by Gasteiger charge is -1.88. The van der Waals surface area contributed by atoms with Crippen molar-refractivity contribution < 1.29 is 4.74 Å². The lowest BCUT2D eigenvalue weighted by molar-refractivity contribution is 0.178. The second-order valence-corrected chi connectivity index (χ2v) is 1.66. The highest BCUT2D eigenvalue weighted by molar-refractivity contribution is 4.62. The molecule has 0 heterocycles. The highest BCUT2D eigenvalue weighted by atomic mass is 16.5. The summed E-state index contributed by atoms with van der Waals surface area (Å²) in [7, 11) is 0. The molecule has 0 rings (SSSR count).